The van der Waals surface area contributed by atoms with Crippen molar-refractivity contribution in [3.63, 3.8) is 0 Å². The number of carbonyl (C=O) groups excluding carboxylic acids is 1. The van der Waals surface area contributed by atoms with Crippen molar-refractivity contribution < 1.29 is 81.6 Å². The monoisotopic (exact) mass is 931 g/mol. The van der Waals surface area contributed by atoms with Crippen LogP contribution >= 0.6 is 25.6 Å². The summed E-state index contributed by atoms with van der Waals surface area (Å²) in [5, 5.41) is 15.3. The van der Waals surface area contributed by atoms with E-state index >= 15 is 0 Å². The topological polar surface area (TPSA) is 71.4 Å². The van der Waals surface area contributed by atoms with Gasteiger partial charge in [0.2, 0.25) is 5.76 Å². The number of benzene rings is 6. The number of aliphatic hydroxyl groups is 1. The molecule has 0 atom stereocenters. The van der Waals surface area contributed by atoms with E-state index in [-0.39, 0.29) is 60.3 Å². The minimum absolute atomic E-state index is 0. The number of hydrogen-bond donors (Lipinski definition) is 1. The van der Waals surface area contributed by atoms with Crippen molar-refractivity contribution in [3.8, 4) is 0 Å². The SMILES string of the molecule is O=C(/C=C(\O)C(F)(F)F)c1cccs1.O=P(c1ccccc1)(c1ccccc1)c1ccccc1.O=P(c1ccccc1)(c1ccccc1)c1ccccc1.[Eu]. The molecule has 7 rings (SSSR count). The molecule has 6 aromatic carbocycles. The number of allylic oxidation sites excluding steroid dienone is 2. The number of aliphatic hydroxyl groups excluding tert-OH is 1. The van der Waals surface area contributed by atoms with Gasteiger partial charge in [-0.15, -0.1) is 11.3 Å². The van der Waals surface area contributed by atoms with Crippen LogP contribution in [-0.2, 0) is 9.13 Å². The van der Waals surface area contributed by atoms with Crippen molar-refractivity contribution in [2.24, 2.45) is 0 Å². The summed E-state index contributed by atoms with van der Waals surface area (Å²) in [5.41, 5.74) is 0. The van der Waals surface area contributed by atoms with Gasteiger partial charge in [0.15, 0.2) is 20.1 Å². The number of alkyl halides is 3. The van der Waals surface area contributed by atoms with Gasteiger partial charge in [0, 0.05) is 87.3 Å². The molecule has 11 heteroatoms. The fourth-order valence-corrected chi connectivity index (χ4v) is 11.4. The summed E-state index contributed by atoms with van der Waals surface area (Å²) in [6.45, 7) is 0. The largest absolute Gasteiger partial charge is 0.504 e. The van der Waals surface area contributed by atoms with Gasteiger partial charge < -0.3 is 14.2 Å². The summed E-state index contributed by atoms with van der Waals surface area (Å²) < 4.78 is 63.0. The summed E-state index contributed by atoms with van der Waals surface area (Å²) >= 11 is 1.01. The van der Waals surface area contributed by atoms with Gasteiger partial charge in [-0.05, 0) is 11.4 Å². The van der Waals surface area contributed by atoms with Gasteiger partial charge in [-0.3, -0.25) is 4.79 Å². The number of ketones is 1. The molecule has 0 fully saturated rings. The van der Waals surface area contributed by atoms with Crippen molar-refractivity contribution in [2.75, 3.05) is 0 Å². The van der Waals surface area contributed by atoms with Gasteiger partial charge in [-0.25, -0.2) is 0 Å². The van der Waals surface area contributed by atoms with E-state index in [1.54, 1.807) is 5.38 Å². The molecule has 1 aromatic heterocycles. The third-order valence-corrected chi connectivity index (χ3v) is 15.1. The Morgan fingerprint density at radius 3 is 0.927 bits per heavy atom. The fourth-order valence-electron chi connectivity index (χ4n) is 5.42. The second-order valence-electron chi connectivity index (χ2n) is 11.6. The van der Waals surface area contributed by atoms with Crippen LogP contribution in [0.4, 0.5) is 13.2 Å². The minimum Gasteiger partial charge on any atom is -0.504 e. The fraction of sp³-hybridized carbons (Fsp3) is 0.0227. The Balaban J connectivity index is 0.000000185. The Labute approximate surface area is 363 Å². The first-order valence-corrected chi connectivity index (χ1v) is 20.9. The summed E-state index contributed by atoms with van der Waals surface area (Å²) in [6.07, 6.45) is -4.70. The standard InChI is InChI=1S/2C18H15OP.C8H5F3O2S.Eu/c2*19-20(16-10-4-1-5-11-16,17-12-6-2-7-13-17)18-14-8-3-9-15-18;9-8(10,11)7(13)4-5(12)6-2-1-3-14-6;/h2*1-15H;1-4,13H;/b;;7-4-;. The average Bonchev–Trinajstić information content (AvgIpc) is 3.78. The first kappa shape index (κ1) is 43.8. The smallest absolute Gasteiger partial charge is 0.448 e. The van der Waals surface area contributed by atoms with Crippen LogP contribution in [-0.4, -0.2) is 17.1 Å². The van der Waals surface area contributed by atoms with E-state index in [1.165, 1.54) is 12.1 Å². The van der Waals surface area contributed by atoms with E-state index < -0.39 is 32.0 Å². The predicted molar refractivity (Wildman–Crippen MR) is 217 cm³/mol. The first-order chi connectivity index (χ1) is 26.0. The van der Waals surface area contributed by atoms with Crippen LogP contribution in [0.2, 0.25) is 0 Å². The zero-order valence-corrected chi connectivity index (χ0v) is 34.1. The van der Waals surface area contributed by atoms with Crippen LogP contribution in [0.1, 0.15) is 9.67 Å². The predicted octanol–water partition coefficient (Wildman–Crippen LogP) is 9.59. The first-order valence-electron chi connectivity index (χ1n) is 16.6. The molecule has 7 aromatic rings. The molecule has 4 nitrogen and oxygen atoms in total. The van der Waals surface area contributed by atoms with Crippen LogP contribution in [0.3, 0.4) is 0 Å². The summed E-state index contributed by atoms with van der Waals surface area (Å²) in [4.78, 5) is 11.2. The molecule has 1 heterocycles. The van der Waals surface area contributed by atoms with Gasteiger partial charge >= 0.3 is 6.18 Å². The normalized spacial score (nSPS) is 11.4. The van der Waals surface area contributed by atoms with Gasteiger partial charge in [0.25, 0.3) is 0 Å². The zero-order chi connectivity index (χ0) is 38.4. The Hall–Kier alpha value is -3.94. The molecule has 0 spiro atoms. The van der Waals surface area contributed by atoms with Crippen molar-refractivity contribution in [3.05, 3.63) is 216 Å². The number of hydrogen-bond acceptors (Lipinski definition) is 5. The third-order valence-electron chi connectivity index (χ3n) is 8.04. The minimum atomic E-state index is -4.87. The van der Waals surface area contributed by atoms with Crippen molar-refractivity contribution in [1.29, 1.82) is 0 Å². The van der Waals surface area contributed by atoms with Crippen LogP contribution in [0.15, 0.2) is 211 Å². The molecule has 0 aliphatic carbocycles. The summed E-state index contributed by atoms with van der Waals surface area (Å²) in [7, 11) is -5.55. The molecule has 1 radical (unpaired) electrons. The maximum atomic E-state index is 13.8. The van der Waals surface area contributed by atoms with E-state index in [9.17, 15) is 27.1 Å². The maximum absolute atomic E-state index is 13.8. The Bertz CT molecular complexity index is 1990. The van der Waals surface area contributed by atoms with Gasteiger partial charge in [-0.2, -0.15) is 13.2 Å². The van der Waals surface area contributed by atoms with E-state index in [0.717, 1.165) is 43.2 Å². The number of rotatable bonds is 8. The molecule has 0 aliphatic rings. The molecule has 0 saturated carbocycles. The number of halogens is 3. The van der Waals surface area contributed by atoms with E-state index in [4.69, 9.17) is 5.11 Å². The third kappa shape index (κ3) is 11.3. The van der Waals surface area contributed by atoms with E-state index in [0.29, 0.717) is 0 Å². The van der Waals surface area contributed by atoms with Crippen LogP contribution < -0.4 is 31.8 Å². The van der Waals surface area contributed by atoms with Gasteiger partial charge in [0.1, 0.15) is 0 Å². The van der Waals surface area contributed by atoms with Crippen molar-refractivity contribution in [1.82, 2.24) is 0 Å². The van der Waals surface area contributed by atoms with Gasteiger partial charge in [0.05, 0.1) is 4.88 Å². The number of carbonyl (C=O) groups is 1. The van der Waals surface area contributed by atoms with E-state index in [2.05, 4.69) is 0 Å². The zero-order valence-electron chi connectivity index (χ0n) is 29.1. The molecule has 279 valence electrons. The molecule has 0 unspecified atom stereocenters. The van der Waals surface area contributed by atoms with Gasteiger partial charge in [-0.1, -0.05) is 188 Å². The molecular formula is C44H35EuF3O4P2S. The second kappa shape index (κ2) is 20.8. The average molecular weight is 931 g/mol. The second-order valence-corrected chi connectivity index (χ2v) is 18.1. The molecule has 1 N–H and O–H groups in total. The van der Waals surface area contributed by atoms with Crippen LogP contribution in [0.5, 0.6) is 0 Å². The number of thiophene rings is 1. The van der Waals surface area contributed by atoms with Crippen molar-refractivity contribution >= 4 is 63.2 Å². The Kier molecular flexibility index (Phi) is 16.6. The maximum Gasteiger partial charge on any atom is 0.448 e. The molecule has 0 saturated heterocycles. The Morgan fingerprint density at radius 1 is 0.473 bits per heavy atom. The summed E-state index contributed by atoms with van der Waals surface area (Å²) in [5.74, 6) is -2.73. The van der Waals surface area contributed by atoms with Crippen molar-refractivity contribution in [2.45, 2.75) is 6.18 Å². The summed E-state index contributed by atoms with van der Waals surface area (Å²) in [6, 6.07) is 61.2. The van der Waals surface area contributed by atoms with E-state index in [1.807, 2.05) is 182 Å². The quantitative estimate of drug-likeness (QED) is 0.0714. The van der Waals surface area contributed by atoms with Crippen LogP contribution in [0.25, 0.3) is 0 Å². The molecule has 0 amide bonds. The molecular weight excluding hydrogens is 895 g/mol. The molecule has 0 bridgehead atoms. The molecule has 55 heavy (non-hydrogen) atoms. The van der Waals surface area contributed by atoms with Crippen LogP contribution in [0, 0.1) is 49.4 Å². The molecule has 0 aliphatic heterocycles. The Morgan fingerprint density at radius 2 is 0.727 bits per heavy atom.